The fraction of sp³-hybridized carbons (Fsp3) is 0.857. The van der Waals surface area contributed by atoms with Gasteiger partial charge in [-0.25, -0.2) is 14.5 Å². The minimum Gasteiger partial charge on any atom is -0.443 e. The van der Waals surface area contributed by atoms with E-state index < -0.39 is 11.7 Å². The number of methoxy groups -OCH3 is 1. The van der Waals surface area contributed by atoms with Crippen molar-refractivity contribution in [2.45, 2.75) is 57.7 Å². The van der Waals surface area contributed by atoms with Gasteiger partial charge in [0.05, 0.1) is 18.7 Å². The van der Waals surface area contributed by atoms with Gasteiger partial charge in [0.25, 0.3) is 0 Å². The molecule has 0 bridgehead atoms. The number of hydrogen-bond donors (Lipinski definition) is 0. The van der Waals surface area contributed by atoms with Crippen LogP contribution in [-0.4, -0.2) is 59.9 Å². The molecule has 2 aliphatic rings. The van der Waals surface area contributed by atoms with E-state index in [4.69, 9.17) is 9.47 Å². The molecule has 0 aromatic heterocycles. The Morgan fingerprint density at radius 3 is 2.55 bits per heavy atom. The van der Waals surface area contributed by atoms with Crippen LogP contribution in [0.2, 0.25) is 0 Å². The van der Waals surface area contributed by atoms with Crippen LogP contribution >= 0.6 is 0 Å². The highest BCUT2D eigenvalue weighted by Crippen LogP contribution is 2.36. The van der Waals surface area contributed by atoms with Crippen LogP contribution in [0, 0.1) is 0 Å². The van der Waals surface area contributed by atoms with Crippen molar-refractivity contribution in [3.8, 4) is 0 Å². The van der Waals surface area contributed by atoms with Crippen LogP contribution in [0.15, 0.2) is 0 Å². The molecule has 1 heterocycles. The highest BCUT2D eigenvalue weighted by Gasteiger charge is 2.51. The molecule has 2 fully saturated rings. The predicted octanol–water partition coefficient (Wildman–Crippen LogP) is 2.23. The molecule has 0 aromatic rings. The monoisotopic (exact) mass is 284 g/mol. The third-order valence-corrected chi connectivity index (χ3v) is 3.75. The third-order valence-electron chi connectivity index (χ3n) is 3.75. The molecule has 0 spiro atoms. The zero-order chi connectivity index (χ0) is 14.9. The quantitative estimate of drug-likeness (QED) is 0.797. The molecular weight excluding hydrogens is 260 g/mol. The number of fused-ring (bicyclic) bond motifs is 1. The molecule has 20 heavy (non-hydrogen) atoms. The fourth-order valence-corrected chi connectivity index (χ4v) is 2.98. The van der Waals surface area contributed by atoms with Crippen LogP contribution in [0.25, 0.3) is 0 Å². The van der Waals surface area contributed by atoms with Gasteiger partial charge in [-0.05, 0) is 40.0 Å². The fourth-order valence-electron chi connectivity index (χ4n) is 2.98. The number of imide groups is 1. The van der Waals surface area contributed by atoms with Crippen molar-refractivity contribution in [2.75, 3.05) is 20.3 Å². The molecule has 1 aliphatic carbocycles. The number of rotatable bonds is 3. The Hall–Kier alpha value is -1.30. The van der Waals surface area contributed by atoms with Gasteiger partial charge in [0.2, 0.25) is 0 Å². The summed E-state index contributed by atoms with van der Waals surface area (Å²) in [5, 5.41) is 0. The third kappa shape index (κ3) is 2.90. The minimum absolute atomic E-state index is 0.0470. The second-order valence-electron chi connectivity index (χ2n) is 6.38. The zero-order valence-corrected chi connectivity index (χ0v) is 12.7. The number of urea groups is 1. The van der Waals surface area contributed by atoms with Crippen molar-refractivity contribution in [3.63, 3.8) is 0 Å². The van der Waals surface area contributed by atoms with E-state index in [1.54, 1.807) is 32.8 Å². The van der Waals surface area contributed by atoms with Gasteiger partial charge >= 0.3 is 12.1 Å². The molecule has 0 N–H and O–H groups in total. The van der Waals surface area contributed by atoms with Gasteiger partial charge in [0, 0.05) is 13.7 Å². The molecule has 2 unspecified atom stereocenters. The molecule has 1 saturated carbocycles. The Morgan fingerprint density at radius 1 is 1.30 bits per heavy atom. The minimum atomic E-state index is -0.592. The van der Waals surface area contributed by atoms with Gasteiger partial charge in [-0.15, -0.1) is 0 Å². The van der Waals surface area contributed by atoms with Crippen molar-refractivity contribution in [2.24, 2.45) is 0 Å². The van der Waals surface area contributed by atoms with Crippen LogP contribution in [0.3, 0.4) is 0 Å². The summed E-state index contributed by atoms with van der Waals surface area (Å²) in [5.41, 5.74) is -0.592. The molecule has 114 valence electrons. The summed E-state index contributed by atoms with van der Waals surface area (Å²) in [5.74, 6) is 0. The average molecular weight is 284 g/mol. The molecule has 1 saturated heterocycles. The van der Waals surface area contributed by atoms with Crippen LogP contribution in [0.1, 0.15) is 40.0 Å². The number of nitrogens with zero attached hydrogens (tertiary/aromatic N) is 2. The van der Waals surface area contributed by atoms with Crippen LogP contribution in [0.4, 0.5) is 9.59 Å². The van der Waals surface area contributed by atoms with E-state index >= 15 is 0 Å². The Balaban J connectivity index is 2.12. The molecular formula is C14H24N2O4. The highest BCUT2D eigenvalue weighted by atomic mass is 16.6. The summed E-state index contributed by atoms with van der Waals surface area (Å²) in [7, 11) is 1.61. The van der Waals surface area contributed by atoms with Crippen molar-refractivity contribution < 1.29 is 19.1 Å². The lowest BCUT2D eigenvalue weighted by molar-refractivity contribution is 0.0293. The first-order valence-electron chi connectivity index (χ1n) is 7.17. The van der Waals surface area contributed by atoms with Crippen molar-refractivity contribution in [1.82, 2.24) is 9.80 Å². The number of amides is 3. The molecule has 2 rings (SSSR count). The lowest BCUT2D eigenvalue weighted by Crippen LogP contribution is -2.43. The van der Waals surface area contributed by atoms with E-state index in [2.05, 4.69) is 0 Å². The Morgan fingerprint density at radius 2 is 1.95 bits per heavy atom. The molecule has 2 atom stereocenters. The molecule has 3 amide bonds. The maximum Gasteiger partial charge on any atom is 0.418 e. The Bertz CT molecular complexity index is 391. The summed E-state index contributed by atoms with van der Waals surface area (Å²) in [6.45, 7) is 6.42. The van der Waals surface area contributed by atoms with Gasteiger partial charge in [-0.2, -0.15) is 0 Å². The maximum atomic E-state index is 12.4. The molecule has 0 radical (unpaired) electrons. The summed E-state index contributed by atoms with van der Waals surface area (Å²) in [6, 6.07) is -0.176. The van der Waals surface area contributed by atoms with Crippen molar-refractivity contribution >= 4 is 12.1 Å². The van der Waals surface area contributed by atoms with Crippen LogP contribution < -0.4 is 0 Å². The maximum absolute atomic E-state index is 12.4. The average Bonchev–Trinajstić information content (AvgIpc) is 2.84. The molecule has 1 aliphatic heterocycles. The first-order valence-corrected chi connectivity index (χ1v) is 7.17. The van der Waals surface area contributed by atoms with E-state index in [0.717, 1.165) is 19.3 Å². The first-order chi connectivity index (χ1) is 9.35. The summed E-state index contributed by atoms with van der Waals surface area (Å²) >= 11 is 0. The van der Waals surface area contributed by atoms with E-state index in [1.165, 1.54) is 4.90 Å². The lowest BCUT2D eigenvalue weighted by atomic mass is 10.1. The zero-order valence-electron chi connectivity index (χ0n) is 12.7. The second-order valence-corrected chi connectivity index (χ2v) is 6.38. The summed E-state index contributed by atoms with van der Waals surface area (Å²) in [6.07, 6.45) is 2.31. The van der Waals surface area contributed by atoms with E-state index in [-0.39, 0.29) is 18.1 Å². The molecule has 6 heteroatoms. The molecule has 0 aromatic carbocycles. The first kappa shape index (κ1) is 15.1. The van der Waals surface area contributed by atoms with Gasteiger partial charge < -0.3 is 14.4 Å². The van der Waals surface area contributed by atoms with E-state index in [9.17, 15) is 9.59 Å². The predicted molar refractivity (Wildman–Crippen MR) is 73.5 cm³/mol. The largest absolute Gasteiger partial charge is 0.443 e. The normalized spacial score (nSPS) is 26.1. The van der Waals surface area contributed by atoms with Gasteiger partial charge in [-0.3, -0.25) is 0 Å². The topological polar surface area (TPSA) is 59.1 Å². The standard InChI is InChI=1S/C14H24N2O4/c1-14(2,3)20-13(18)16-11-7-5-6-10(11)15(12(16)17)8-9-19-4/h10-11H,5-9H2,1-4H3. The second kappa shape index (κ2) is 5.60. The number of carbonyl (C=O) groups is 2. The lowest BCUT2D eigenvalue weighted by Gasteiger charge is -2.25. The van der Waals surface area contributed by atoms with Gasteiger partial charge in [0.1, 0.15) is 5.60 Å². The van der Waals surface area contributed by atoms with E-state index in [1.807, 2.05) is 0 Å². The summed E-state index contributed by atoms with van der Waals surface area (Å²) in [4.78, 5) is 27.8. The smallest absolute Gasteiger partial charge is 0.418 e. The van der Waals surface area contributed by atoms with Crippen LogP contribution in [0.5, 0.6) is 0 Å². The Kier molecular flexibility index (Phi) is 4.22. The SMILES string of the molecule is COCCN1C(=O)N(C(=O)OC(C)(C)C)C2CCCC21. The van der Waals surface area contributed by atoms with E-state index in [0.29, 0.717) is 13.2 Å². The van der Waals surface area contributed by atoms with Crippen molar-refractivity contribution in [3.05, 3.63) is 0 Å². The summed E-state index contributed by atoms with van der Waals surface area (Å²) < 4.78 is 10.4. The number of hydrogen-bond acceptors (Lipinski definition) is 4. The molecule has 6 nitrogen and oxygen atoms in total. The number of ether oxygens (including phenoxy) is 2. The van der Waals surface area contributed by atoms with Gasteiger partial charge in [-0.1, -0.05) is 0 Å². The highest BCUT2D eigenvalue weighted by molar-refractivity contribution is 5.93. The van der Waals surface area contributed by atoms with Gasteiger partial charge in [0.15, 0.2) is 0 Å². The number of carbonyl (C=O) groups excluding carboxylic acids is 2. The Labute approximate surface area is 120 Å². The van der Waals surface area contributed by atoms with Crippen molar-refractivity contribution in [1.29, 1.82) is 0 Å². The van der Waals surface area contributed by atoms with Crippen LogP contribution in [-0.2, 0) is 9.47 Å².